The van der Waals surface area contributed by atoms with E-state index >= 15 is 0 Å². The van der Waals surface area contributed by atoms with Crippen molar-refractivity contribution < 1.29 is 19.1 Å². The molecule has 0 unspecified atom stereocenters. The van der Waals surface area contributed by atoms with Crippen LogP contribution in [0.25, 0.3) is 0 Å². The Labute approximate surface area is 175 Å². The molecule has 7 heteroatoms. The first-order chi connectivity index (χ1) is 13.9. The Kier molecular flexibility index (Phi) is 5.60. The molecule has 0 bridgehead atoms. The molecular formula is C22H28N2O4S. The van der Waals surface area contributed by atoms with E-state index in [0.29, 0.717) is 18.6 Å². The summed E-state index contributed by atoms with van der Waals surface area (Å²) in [5, 5.41) is 0. The number of likely N-dealkylation sites (tertiary alicyclic amines) is 1. The van der Waals surface area contributed by atoms with Gasteiger partial charge in [0, 0.05) is 24.3 Å². The standard InChI is InChI=1S/C22H28N2O4S/c1-15-7-6-8-16(2)23(15)20(26)13-28-21(27)18-14-29-22(12-11-19(25)24(18)22)17-9-4-3-5-10-17/h3-5,9-10,15-16,18H,6-8,11-14H2,1-2H3/t15-,16-,18+,22-/m1/s1. The molecule has 0 aliphatic carbocycles. The Morgan fingerprint density at radius 3 is 2.55 bits per heavy atom. The van der Waals surface area contributed by atoms with Gasteiger partial charge in [0.05, 0.1) is 0 Å². The molecule has 1 aromatic carbocycles. The second-order valence-electron chi connectivity index (χ2n) is 8.28. The monoisotopic (exact) mass is 416 g/mol. The molecule has 29 heavy (non-hydrogen) atoms. The van der Waals surface area contributed by atoms with Crippen LogP contribution in [0.15, 0.2) is 30.3 Å². The van der Waals surface area contributed by atoms with Crippen molar-refractivity contribution in [3.8, 4) is 0 Å². The molecule has 3 aliphatic heterocycles. The van der Waals surface area contributed by atoms with Gasteiger partial charge in [0.2, 0.25) is 5.91 Å². The number of piperidine rings is 1. The number of thioether (sulfide) groups is 1. The highest BCUT2D eigenvalue weighted by Gasteiger charge is 2.57. The molecule has 0 aromatic heterocycles. The summed E-state index contributed by atoms with van der Waals surface area (Å²) in [4.78, 5) is 41.2. The minimum atomic E-state index is -0.640. The van der Waals surface area contributed by atoms with Gasteiger partial charge < -0.3 is 14.5 Å². The van der Waals surface area contributed by atoms with E-state index in [1.54, 1.807) is 16.7 Å². The first-order valence-corrected chi connectivity index (χ1v) is 11.4. The van der Waals surface area contributed by atoms with Gasteiger partial charge >= 0.3 is 5.97 Å². The number of fused-ring (bicyclic) bond motifs is 1. The van der Waals surface area contributed by atoms with Crippen LogP contribution in [-0.2, 0) is 24.0 Å². The van der Waals surface area contributed by atoms with Crippen LogP contribution in [-0.4, -0.2) is 58.1 Å². The third-order valence-electron chi connectivity index (χ3n) is 6.44. The number of ether oxygens (including phenoxy) is 1. The summed E-state index contributed by atoms with van der Waals surface area (Å²) in [6, 6.07) is 9.56. The number of hydrogen-bond donors (Lipinski definition) is 0. The van der Waals surface area contributed by atoms with E-state index in [1.807, 2.05) is 49.1 Å². The number of carbonyl (C=O) groups excluding carboxylic acids is 3. The highest BCUT2D eigenvalue weighted by Crippen LogP contribution is 2.54. The van der Waals surface area contributed by atoms with Crippen molar-refractivity contribution in [3.05, 3.63) is 35.9 Å². The Balaban J connectivity index is 1.44. The molecule has 2 amide bonds. The smallest absolute Gasteiger partial charge is 0.330 e. The molecule has 0 N–H and O–H groups in total. The molecule has 6 nitrogen and oxygen atoms in total. The number of rotatable bonds is 4. The van der Waals surface area contributed by atoms with Crippen LogP contribution < -0.4 is 0 Å². The van der Waals surface area contributed by atoms with Gasteiger partial charge in [-0.3, -0.25) is 9.59 Å². The molecule has 3 aliphatic rings. The first-order valence-electron chi connectivity index (χ1n) is 10.4. The number of hydrogen-bond acceptors (Lipinski definition) is 5. The van der Waals surface area contributed by atoms with Crippen LogP contribution in [0.4, 0.5) is 0 Å². The van der Waals surface area contributed by atoms with Crippen LogP contribution in [0.1, 0.15) is 51.5 Å². The van der Waals surface area contributed by atoms with E-state index in [1.165, 1.54) is 0 Å². The Hall–Kier alpha value is -2.02. The third-order valence-corrected chi connectivity index (χ3v) is 8.04. The molecule has 3 heterocycles. The largest absolute Gasteiger partial charge is 0.454 e. The lowest BCUT2D eigenvalue weighted by molar-refractivity contribution is -0.160. The van der Waals surface area contributed by atoms with Gasteiger partial charge in [-0.25, -0.2) is 4.79 Å². The molecule has 1 aromatic rings. The number of carbonyl (C=O) groups is 3. The maximum Gasteiger partial charge on any atom is 0.330 e. The maximum absolute atomic E-state index is 12.9. The lowest BCUT2D eigenvalue weighted by Crippen LogP contribution is -2.50. The summed E-state index contributed by atoms with van der Waals surface area (Å²) < 4.78 is 5.44. The summed E-state index contributed by atoms with van der Waals surface area (Å²) in [5.41, 5.74) is 1.04. The summed E-state index contributed by atoms with van der Waals surface area (Å²) in [6.45, 7) is 3.83. The van der Waals surface area contributed by atoms with Crippen molar-refractivity contribution in [2.24, 2.45) is 0 Å². The predicted molar refractivity (Wildman–Crippen MR) is 111 cm³/mol. The summed E-state index contributed by atoms with van der Waals surface area (Å²) in [7, 11) is 0. The van der Waals surface area contributed by atoms with Crippen molar-refractivity contribution in [1.82, 2.24) is 9.80 Å². The predicted octanol–water partition coefficient (Wildman–Crippen LogP) is 2.91. The Morgan fingerprint density at radius 1 is 1.17 bits per heavy atom. The number of esters is 1. The highest BCUT2D eigenvalue weighted by molar-refractivity contribution is 8.00. The van der Waals surface area contributed by atoms with Crippen LogP contribution in [0.3, 0.4) is 0 Å². The average molecular weight is 417 g/mol. The van der Waals surface area contributed by atoms with E-state index in [4.69, 9.17) is 4.74 Å². The summed E-state index contributed by atoms with van der Waals surface area (Å²) in [5.74, 6) is -0.156. The molecule has 4 rings (SSSR count). The molecule has 0 saturated carbocycles. The second-order valence-corrected chi connectivity index (χ2v) is 9.58. The SMILES string of the molecule is C[C@@H]1CCC[C@@H](C)N1C(=O)COC(=O)[C@@H]1CS[C@@]2(c3ccccc3)CCC(=O)N12. The van der Waals surface area contributed by atoms with Crippen LogP contribution in [0.5, 0.6) is 0 Å². The fourth-order valence-electron chi connectivity index (χ4n) is 5.03. The number of nitrogens with zero attached hydrogens (tertiary/aromatic N) is 2. The molecule has 156 valence electrons. The lowest BCUT2D eigenvalue weighted by atomic mass is 9.97. The topological polar surface area (TPSA) is 66.9 Å². The fourth-order valence-corrected chi connectivity index (χ4v) is 6.67. The summed E-state index contributed by atoms with van der Waals surface area (Å²) >= 11 is 1.63. The molecule has 3 saturated heterocycles. The van der Waals surface area contributed by atoms with Crippen LogP contribution in [0, 0.1) is 0 Å². The van der Waals surface area contributed by atoms with Gasteiger partial charge in [-0.2, -0.15) is 0 Å². The Bertz CT molecular complexity index is 791. The van der Waals surface area contributed by atoms with Gasteiger partial charge in [0.15, 0.2) is 6.61 Å². The third kappa shape index (κ3) is 3.54. The lowest BCUT2D eigenvalue weighted by Gasteiger charge is -2.39. The van der Waals surface area contributed by atoms with Crippen molar-refractivity contribution >= 4 is 29.5 Å². The molecule has 0 spiro atoms. The molecule has 3 fully saturated rings. The van der Waals surface area contributed by atoms with Gasteiger partial charge in [0.1, 0.15) is 10.9 Å². The zero-order valence-corrected chi connectivity index (χ0v) is 17.8. The van der Waals surface area contributed by atoms with Gasteiger partial charge in [-0.05, 0) is 45.1 Å². The van der Waals surface area contributed by atoms with E-state index in [9.17, 15) is 14.4 Å². The molecule has 4 atom stereocenters. The van der Waals surface area contributed by atoms with Crippen LogP contribution >= 0.6 is 11.8 Å². The maximum atomic E-state index is 12.9. The van der Waals surface area contributed by atoms with E-state index in [-0.39, 0.29) is 30.5 Å². The van der Waals surface area contributed by atoms with Gasteiger partial charge in [-0.1, -0.05) is 30.3 Å². The molecular weight excluding hydrogens is 388 g/mol. The Morgan fingerprint density at radius 2 is 1.86 bits per heavy atom. The van der Waals surface area contributed by atoms with Gasteiger partial charge in [0.25, 0.3) is 5.91 Å². The second kappa shape index (κ2) is 8.01. The quantitative estimate of drug-likeness (QED) is 0.706. The zero-order valence-electron chi connectivity index (χ0n) is 17.0. The first kappa shape index (κ1) is 20.3. The normalized spacial score (nSPS) is 31.7. The van der Waals surface area contributed by atoms with Crippen molar-refractivity contribution in [2.45, 2.75) is 68.9 Å². The molecule has 0 radical (unpaired) electrons. The van der Waals surface area contributed by atoms with Crippen molar-refractivity contribution in [1.29, 1.82) is 0 Å². The van der Waals surface area contributed by atoms with Crippen molar-refractivity contribution in [2.75, 3.05) is 12.4 Å². The van der Waals surface area contributed by atoms with E-state index in [2.05, 4.69) is 0 Å². The van der Waals surface area contributed by atoms with E-state index in [0.717, 1.165) is 24.8 Å². The highest BCUT2D eigenvalue weighted by atomic mass is 32.2. The van der Waals surface area contributed by atoms with Crippen LogP contribution in [0.2, 0.25) is 0 Å². The zero-order chi connectivity index (χ0) is 20.6. The summed E-state index contributed by atoms with van der Waals surface area (Å²) in [6.07, 6.45) is 4.18. The fraction of sp³-hybridized carbons (Fsp3) is 0.591. The van der Waals surface area contributed by atoms with Crippen molar-refractivity contribution in [3.63, 3.8) is 0 Å². The minimum absolute atomic E-state index is 0.0228. The minimum Gasteiger partial charge on any atom is -0.454 e. The number of amides is 2. The van der Waals surface area contributed by atoms with Gasteiger partial charge in [-0.15, -0.1) is 11.8 Å². The van der Waals surface area contributed by atoms with E-state index < -0.39 is 16.9 Å². The number of benzene rings is 1. The average Bonchev–Trinajstić information content (AvgIpc) is 3.26.